The summed E-state index contributed by atoms with van der Waals surface area (Å²) >= 11 is 0. The molecule has 4 nitrogen and oxygen atoms in total. The monoisotopic (exact) mass is 370 g/mol. The second kappa shape index (κ2) is 8.38. The SMILES string of the molecule is CN(C)CC(NCc1ccc(-n2cnc3ccccc32)cc1)c1ccccc1. The van der Waals surface area contributed by atoms with Gasteiger partial charge in [-0.3, -0.25) is 4.57 Å². The van der Waals surface area contributed by atoms with Crippen molar-refractivity contribution < 1.29 is 0 Å². The van der Waals surface area contributed by atoms with Crippen LogP contribution in [0.1, 0.15) is 17.2 Å². The molecule has 0 aliphatic rings. The summed E-state index contributed by atoms with van der Waals surface area (Å²) in [5.74, 6) is 0. The van der Waals surface area contributed by atoms with Crippen LogP contribution < -0.4 is 5.32 Å². The van der Waals surface area contributed by atoms with Crippen molar-refractivity contribution in [2.24, 2.45) is 0 Å². The van der Waals surface area contributed by atoms with Gasteiger partial charge in [0.1, 0.15) is 6.33 Å². The second-order valence-electron chi connectivity index (χ2n) is 7.38. The van der Waals surface area contributed by atoms with E-state index in [2.05, 4.69) is 94.5 Å². The highest BCUT2D eigenvalue weighted by molar-refractivity contribution is 5.77. The molecule has 142 valence electrons. The Morgan fingerprint density at radius 2 is 1.61 bits per heavy atom. The maximum absolute atomic E-state index is 4.48. The van der Waals surface area contributed by atoms with Crippen molar-refractivity contribution in [2.75, 3.05) is 20.6 Å². The van der Waals surface area contributed by atoms with E-state index in [-0.39, 0.29) is 0 Å². The van der Waals surface area contributed by atoms with Gasteiger partial charge in [-0.25, -0.2) is 4.98 Å². The number of hydrogen-bond donors (Lipinski definition) is 1. The van der Waals surface area contributed by atoms with Crippen molar-refractivity contribution in [1.29, 1.82) is 0 Å². The molecule has 1 aromatic heterocycles. The predicted molar refractivity (Wildman–Crippen MR) is 116 cm³/mol. The molecule has 0 fully saturated rings. The molecule has 4 rings (SSSR count). The van der Waals surface area contributed by atoms with Crippen LogP contribution in [0.25, 0.3) is 16.7 Å². The number of likely N-dealkylation sites (N-methyl/N-ethyl adjacent to an activating group) is 1. The zero-order valence-electron chi connectivity index (χ0n) is 16.4. The number of imidazole rings is 1. The lowest BCUT2D eigenvalue weighted by Crippen LogP contribution is -2.30. The maximum atomic E-state index is 4.48. The van der Waals surface area contributed by atoms with Gasteiger partial charge in [0.15, 0.2) is 0 Å². The molecule has 0 aliphatic carbocycles. The highest BCUT2D eigenvalue weighted by atomic mass is 15.1. The third-order valence-corrected chi connectivity index (χ3v) is 4.97. The quantitative estimate of drug-likeness (QED) is 0.523. The lowest BCUT2D eigenvalue weighted by Gasteiger charge is -2.23. The van der Waals surface area contributed by atoms with Crippen molar-refractivity contribution in [3.05, 3.63) is 96.3 Å². The molecule has 28 heavy (non-hydrogen) atoms. The topological polar surface area (TPSA) is 33.1 Å². The van der Waals surface area contributed by atoms with Crippen LogP contribution in [0, 0.1) is 0 Å². The van der Waals surface area contributed by atoms with Crippen molar-refractivity contribution in [1.82, 2.24) is 19.8 Å². The summed E-state index contributed by atoms with van der Waals surface area (Å²) in [6, 6.07) is 27.9. The van der Waals surface area contributed by atoms with E-state index >= 15 is 0 Å². The smallest absolute Gasteiger partial charge is 0.100 e. The lowest BCUT2D eigenvalue weighted by atomic mass is 10.1. The summed E-state index contributed by atoms with van der Waals surface area (Å²) in [4.78, 5) is 6.70. The molecular weight excluding hydrogens is 344 g/mol. The highest BCUT2D eigenvalue weighted by Crippen LogP contribution is 2.19. The molecule has 1 N–H and O–H groups in total. The zero-order chi connectivity index (χ0) is 19.3. The van der Waals surface area contributed by atoms with Crippen molar-refractivity contribution in [3.8, 4) is 5.69 Å². The molecule has 0 saturated carbocycles. The average molecular weight is 371 g/mol. The van der Waals surface area contributed by atoms with E-state index in [1.165, 1.54) is 11.1 Å². The van der Waals surface area contributed by atoms with Crippen molar-refractivity contribution in [3.63, 3.8) is 0 Å². The summed E-state index contributed by atoms with van der Waals surface area (Å²) in [6.45, 7) is 1.79. The van der Waals surface area contributed by atoms with Crippen molar-refractivity contribution in [2.45, 2.75) is 12.6 Å². The first-order chi connectivity index (χ1) is 13.7. The predicted octanol–water partition coefficient (Wildman–Crippen LogP) is 4.42. The van der Waals surface area contributed by atoms with E-state index < -0.39 is 0 Å². The molecule has 4 heteroatoms. The molecule has 0 spiro atoms. The number of nitrogens with one attached hydrogen (secondary N) is 1. The number of hydrogen-bond acceptors (Lipinski definition) is 3. The Balaban J connectivity index is 1.48. The highest BCUT2D eigenvalue weighted by Gasteiger charge is 2.12. The minimum absolute atomic E-state index is 0.300. The zero-order valence-corrected chi connectivity index (χ0v) is 16.4. The molecule has 0 radical (unpaired) electrons. The van der Waals surface area contributed by atoms with Crippen LogP contribution in [0.15, 0.2) is 85.2 Å². The Kier molecular flexibility index (Phi) is 5.51. The van der Waals surface area contributed by atoms with Gasteiger partial charge in [-0.15, -0.1) is 0 Å². The molecule has 4 aromatic rings. The van der Waals surface area contributed by atoms with Gasteiger partial charge in [0, 0.05) is 24.8 Å². The maximum Gasteiger partial charge on any atom is 0.100 e. The van der Waals surface area contributed by atoms with E-state index in [0.29, 0.717) is 6.04 Å². The lowest BCUT2D eigenvalue weighted by molar-refractivity contribution is 0.340. The Bertz CT molecular complexity index is 1020. The number of nitrogens with zero attached hydrogens (tertiary/aromatic N) is 3. The summed E-state index contributed by atoms with van der Waals surface area (Å²) in [6.07, 6.45) is 1.89. The van der Waals surface area contributed by atoms with Crippen LogP contribution >= 0.6 is 0 Å². The summed E-state index contributed by atoms with van der Waals surface area (Å²) < 4.78 is 2.13. The van der Waals surface area contributed by atoms with Crippen molar-refractivity contribution >= 4 is 11.0 Å². The van der Waals surface area contributed by atoms with Gasteiger partial charge in [-0.1, -0.05) is 54.6 Å². The van der Waals surface area contributed by atoms with E-state index in [4.69, 9.17) is 0 Å². The van der Waals surface area contributed by atoms with Crippen LogP contribution in [0.3, 0.4) is 0 Å². The second-order valence-corrected chi connectivity index (χ2v) is 7.38. The number of para-hydroxylation sites is 2. The summed E-state index contributed by atoms with van der Waals surface area (Å²) in [5.41, 5.74) is 5.86. The van der Waals surface area contributed by atoms with Gasteiger partial charge in [-0.05, 0) is 49.5 Å². The molecule has 0 bridgehead atoms. The molecular formula is C24H26N4. The van der Waals surface area contributed by atoms with Crippen LogP contribution in [0.5, 0.6) is 0 Å². The third kappa shape index (κ3) is 4.14. The first-order valence-electron chi connectivity index (χ1n) is 9.65. The fourth-order valence-corrected chi connectivity index (χ4v) is 3.52. The van der Waals surface area contributed by atoms with E-state index in [0.717, 1.165) is 29.8 Å². The Labute approximate surface area is 166 Å². The molecule has 0 aliphatic heterocycles. The van der Waals surface area contributed by atoms with E-state index in [1.807, 2.05) is 24.5 Å². The van der Waals surface area contributed by atoms with E-state index in [9.17, 15) is 0 Å². The molecule has 3 aromatic carbocycles. The Morgan fingerprint density at radius 3 is 2.36 bits per heavy atom. The number of benzene rings is 3. The van der Waals surface area contributed by atoms with Gasteiger partial charge >= 0.3 is 0 Å². The average Bonchev–Trinajstić information content (AvgIpc) is 3.16. The first-order valence-corrected chi connectivity index (χ1v) is 9.65. The van der Waals surface area contributed by atoms with Crippen LogP contribution in [-0.4, -0.2) is 35.1 Å². The van der Waals surface area contributed by atoms with Gasteiger partial charge in [0.2, 0.25) is 0 Å². The Hall–Kier alpha value is -2.95. The van der Waals surface area contributed by atoms with Crippen LogP contribution in [-0.2, 0) is 6.54 Å². The minimum atomic E-state index is 0.300. The molecule has 0 saturated heterocycles. The normalized spacial score (nSPS) is 12.5. The Morgan fingerprint density at radius 1 is 0.893 bits per heavy atom. The minimum Gasteiger partial charge on any atom is -0.308 e. The van der Waals surface area contributed by atoms with Gasteiger partial charge in [-0.2, -0.15) is 0 Å². The first kappa shape index (κ1) is 18.4. The fraction of sp³-hybridized carbons (Fsp3) is 0.208. The fourth-order valence-electron chi connectivity index (χ4n) is 3.52. The summed E-state index contributed by atoms with van der Waals surface area (Å²) in [5, 5.41) is 3.71. The van der Waals surface area contributed by atoms with Gasteiger partial charge in [0.25, 0.3) is 0 Å². The largest absolute Gasteiger partial charge is 0.308 e. The molecule has 0 amide bonds. The van der Waals surface area contributed by atoms with Gasteiger partial charge < -0.3 is 10.2 Å². The molecule has 1 unspecified atom stereocenters. The number of fused-ring (bicyclic) bond motifs is 1. The number of rotatable bonds is 7. The molecule has 1 heterocycles. The van der Waals surface area contributed by atoms with Crippen LogP contribution in [0.2, 0.25) is 0 Å². The summed E-state index contributed by atoms with van der Waals surface area (Å²) in [7, 11) is 4.23. The standard InChI is InChI=1S/C24H26N4/c1-27(2)17-23(20-8-4-3-5-9-20)25-16-19-12-14-21(15-13-19)28-18-26-22-10-6-7-11-24(22)28/h3-15,18,23,25H,16-17H2,1-2H3. The van der Waals surface area contributed by atoms with Gasteiger partial charge in [0.05, 0.1) is 11.0 Å². The van der Waals surface area contributed by atoms with E-state index in [1.54, 1.807) is 0 Å². The third-order valence-electron chi connectivity index (χ3n) is 4.97. The number of aromatic nitrogens is 2. The molecule has 1 atom stereocenters. The van der Waals surface area contributed by atoms with Crippen LogP contribution in [0.4, 0.5) is 0 Å².